The van der Waals surface area contributed by atoms with E-state index in [0.717, 1.165) is 30.6 Å². The van der Waals surface area contributed by atoms with E-state index in [-0.39, 0.29) is 6.61 Å². The number of aryl methyl sites for hydroxylation is 1. The lowest BCUT2D eigenvalue weighted by Gasteiger charge is -2.08. The van der Waals surface area contributed by atoms with Crippen molar-refractivity contribution < 1.29 is 9.84 Å². The summed E-state index contributed by atoms with van der Waals surface area (Å²) < 4.78 is 5.21. The van der Waals surface area contributed by atoms with E-state index in [9.17, 15) is 0 Å². The minimum Gasteiger partial charge on any atom is -0.496 e. The number of aliphatic hydroxyl groups excluding tert-OH is 1. The van der Waals surface area contributed by atoms with Crippen molar-refractivity contribution in [2.75, 3.05) is 13.7 Å². The van der Waals surface area contributed by atoms with E-state index in [4.69, 9.17) is 21.4 Å². The Bertz CT molecular complexity index is 287. The Balaban J connectivity index is 2.65. The molecule has 0 aromatic heterocycles. The van der Waals surface area contributed by atoms with E-state index >= 15 is 0 Å². The summed E-state index contributed by atoms with van der Waals surface area (Å²) in [6, 6.07) is 5.65. The van der Waals surface area contributed by atoms with Crippen LogP contribution >= 0.6 is 11.6 Å². The zero-order chi connectivity index (χ0) is 10.4. The van der Waals surface area contributed by atoms with Crippen LogP contribution in [-0.4, -0.2) is 18.8 Å². The third-order valence-electron chi connectivity index (χ3n) is 2.10. The smallest absolute Gasteiger partial charge is 0.123 e. The fourth-order valence-corrected chi connectivity index (χ4v) is 1.51. The van der Waals surface area contributed by atoms with Crippen LogP contribution in [0.2, 0.25) is 5.02 Å². The maximum absolute atomic E-state index is 8.66. The van der Waals surface area contributed by atoms with E-state index in [1.54, 1.807) is 7.11 Å². The van der Waals surface area contributed by atoms with Crippen molar-refractivity contribution in [3.05, 3.63) is 28.8 Å². The number of hydrogen-bond donors (Lipinski definition) is 1. The molecule has 0 fully saturated rings. The molecule has 0 spiro atoms. The lowest BCUT2D eigenvalue weighted by Crippen LogP contribution is -1.93. The highest BCUT2D eigenvalue weighted by atomic mass is 35.5. The zero-order valence-electron chi connectivity index (χ0n) is 8.29. The van der Waals surface area contributed by atoms with Gasteiger partial charge in [-0.05, 0) is 37.0 Å². The third kappa shape index (κ3) is 3.20. The first-order valence-corrected chi connectivity index (χ1v) is 5.09. The summed E-state index contributed by atoms with van der Waals surface area (Å²) >= 11 is 5.84. The number of hydrogen-bond acceptors (Lipinski definition) is 2. The van der Waals surface area contributed by atoms with Gasteiger partial charge in [0.05, 0.1) is 7.11 Å². The van der Waals surface area contributed by atoms with Crippen LogP contribution in [-0.2, 0) is 6.42 Å². The van der Waals surface area contributed by atoms with Gasteiger partial charge in [-0.1, -0.05) is 17.7 Å². The first-order chi connectivity index (χ1) is 6.77. The van der Waals surface area contributed by atoms with Gasteiger partial charge in [-0.25, -0.2) is 0 Å². The fourth-order valence-electron chi connectivity index (χ4n) is 1.35. The number of halogens is 1. The van der Waals surface area contributed by atoms with Gasteiger partial charge in [0.1, 0.15) is 5.75 Å². The van der Waals surface area contributed by atoms with Crippen LogP contribution in [0.5, 0.6) is 5.75 Å². The Morgan fingerprint density at radius 2 is 2.14 bits per heavy atom. The first-order valence-electron chi connectivity index (χ1n) is 4.71. The van der Waals surface area contributed by atoms with Crippen LogP contribution in [0.4, 0.5) is 0 Å². The molecule has 0 aliphatic heterocycles. The molecule has 0 saturated heterocycles. The topological polar surface area (TPSA) is 29.5 Å². The van der Waals surface area contributed by atoms with Crippen molar-refractivity contribution in [3.63, 3.8) is 0 Å². The van der Waals surface area contributed by atoms with E-state index < -0.39 is 0 Å². The van der Waals surface area contributed by atoms with Gasteiger partial charge >= 0.3 is 0 Å². The van der Waals surface area contributed by atoms with Crippen molar-refractivity contribution >= 4 is 11.6 Å². The van der Waals surface area contributed by atoms with Crippen molar-refractivity contribution in [1.29, 1.82) is 0 Å². The number of benzene rings is 1. The van der Waals surface area contributed by atoms with E-state index in [2.05, 4.69) is 0 Å². The van der Waals surface area contributed by atoms with Crippen LogP contribution < -0.4 is 4.74 Å². The minimum absolute atomic E-state index is 0.246. The lowest BCUT2D eigenvalue weighted by molar-refractivity contribution is 0.284. The third-order valence-corrected chi connectivity index (χ3v) is 2.34. The molecule has 1 rings (SSSR count). The van der Waals surface area contributed by atoms with Gasteiger partial charge in [-0.3, -0.25) is 0 Å². The molecule has 0 aliphatic carbocycles. The summed E-state index contributed by atoms with van der Waals surface area (Å²) in [7, 11) is 1.64. The highest BCUT2D eigenvalue weighted by molar-refractivity contribution is 6.30. The summed E-state index contributed by atoms with van der Waals surface area (Å²) in [5, 5.41) is 9.35. The van der Waals surface area contributed by atoms with Crippen molar-refractivity contribution in [2.45, 2.75) is 19.3 Å². The molecule has 2 nitrogen and oxygen atoms in total. The standard InChI is InChI=1S/C11H15ClO2/c1-14-11-8-10(12)6-5-9(11)4-2-3-7-13/h5-6,8,13H,2-4,7H2,1H3. The van der Waals surface area contributed by atoms with Crippen LogP contribution in [0.3, 0.4) is 0 Å². The summed E-state index contributed by atoms with van der Waals surface area (Å²) in [5.41, 5.74) is 1.14. The molecular formula is C11H15ClO2. The molecule has 1 aromatic carbocycles. The monoisotopic (exact) mass is 214 g/mol. The van der Waals surface area contributed by atoms with E-state index in [1.165, 1.54) is 0 Å². The molecule has 78 valence electrons. The maximum Gasteiger partial charge on any atom is 0.123 e. The number of ether oxygens (including phenoxy) is 1. The Hall–Kier alpha value is -0.730. The number of aliphatic hydroxyl groups is 1. The zero-order valence-corrected chi connectivity index (χ0v) is 9.05. The van der Waals surface area contributed by atoms with Crippen molar-refractivity contribution in [1.82, 2.24) is 0 Å². The molecular weight excluding hydrogens is 200 g/mol. The average Bonchev–Trinajstić information content (AvgIpc) is 2.20. The van der Waals surface area contributed by atoms with Crippen LogP contribution in [0, 0.1) is 0 Å². The van der Waals surface area contributed by atoms with Gasteiger partial charge < -0.3 is 9.84 Å². The SMILES string of the molecule is COc1cc(Cl)ccc1CCCCO. The molecule has 1 N–H and O–H groups in total. The molecule has 0 aliphatic rings. The summed E-state index contributed by atoms with van der Waals surface area (Å²) in [6.07, 6.45) is 2.71. The summed E-state index contributed by atoms with van der Waals surface area (Å²) in [6.45, 7) is 0.246. The molecule has 14 heavy (non-hydrogen) atoms. The Morgan fingerprint density at radius 3 is 2.79 bits per heavy atom. The number of unbranched alkanes of at least 4 members (excludes halogenated alkanes) is 1. The number of methoxy groups -OCH3 is 1. The molecule has 0 bridgehead atoms. The van der Waals surface area contributed by atoms with E-state index in [1.807, 2.05) is 18.2 Å². The van der Waals surface area contributed by atoms with Gasteiger partial charge in [0.25, 0.3) is 0 Å². The van der Waals surface area contributed by atoms with Gasteiger partial charge in [0.15, 0.2) is 0 Å². The molecule has 0 heterocycles. The highest BCUT2D eigenvalue weighted by Crippen LogP contribution is 2.24. The second-order valence-electron chi connectivity index (χ2n) is 3.14. The van der Waals surface area contributed by atoms with E-state index in [0.29, 0.717) is 5.02 Å². The molecule has 0 radical (unpaired) electrons. The largest absolute Gasteiger partial charge is 0.496 e. The first kappa shape index (κ1) is 11.3. The summed E-state index contributed by atoms with van der Waals surface area (Å²) in [4.78, 5) is 0. The second-order valence-corrected chi connectivity index (χ2v) is 3.57. The Morgan fingerprint density at radius 1 is 1.36 bits per heavy atom. The molecule has 0 atom stereocenters. The predicted octanol–water partition coefficient (Wildman–Crippen LogP) is 2.66. The maximum atomic E-state index is 8.66. The molecule has 0 unspecified atom stereocenters. The molecule has 0 amide bonds. The average molecular weight is 215 g/mol. The van der Waals surface area contributed by atoms with Crippen LogP contribution in [0.25, 0.3) is 0 Å². The minimum atomic E-state index is 0.246. The van der Waals surface area contributed by atoms with Gasteiger partial charge in [-0.2, -0.15) is 0 Å². The Kier molecular flexibility index (Phi) is 4.77. The molecule has 0 saturated carbocycles. The lowest BCUT2D eigenvalue weighted by atomic mass is 10.1. The van der Waals surface area contributed by atoms with Gasteiger partial charge in [0, 0.05) is 11.6 Å². The Labute approximate surface area is 89.5 Å². The highest BCUT2D eigenvalue weighted by Gasteiger charge is 2.02. The van der Waals surface area contributed by atoms with Gasteiger partial charge in [-0.15, -0.1) is 0 Å². The molecule has 3 heteroatoms. The van der Waals surface area contributed by atoms with Crippen molar-refractivity contribution in [3.8, 4) is 5.75 Å². The van der Waals surface area contributed by atoms with Crippen LogP contribution in [0.1, 0.15) is 18.4 Å². The quantitative estimate of drug-likeness (QED) is 0.764. The normalized spacial score (nSPS) is 10.2. The van der Waals surface area contributed by atoms with Crippen LogP contribution in [0.15, 0.2) is 18.2 Å². The van der Waals surface area contributed by atoms with Crippen molar-refractivity contribution in [2.24, 2.45) is 0 Å². The number of rotatable bonds is 5. The summed E-state index contributed by atoms with van der Waals surface area (Å²) in [5.74, 6) is 0.829. The predicted molar refractivity (Wildman–Crippen MR) is 58.0 cm³/mol. The second kappa shape index (κ2) is 5.89. The fraction of sp³-hybridized carbons (Fsp3) is 0.455. The van der Waals surface area contributed by atoms with Gasteiger partial charge in [0.2, 0.25) is 0 Å². The molecule has 1 aromatic rings.